The quantitative estimate of drug-likeness (QED) is 0.628. The number of hydrogen-bond acceptors (Lipinski definition) is 4. The summed E-state index contributed by atoms with van der Waals surface area (Å²) in [6.45, 7) is 6.95. The summed E-state index contributed by atoms with van der Waals surface area (Å²) in [6, 6.07) is 7.49. The average Bonchev–Trinajstić information content (AvgIpc) is 2.35. The van der Waals surface area contributed by atoms with Gasteiger partial charge in [0.25, 0.3) is 0 Å². The normalized spacial score (nSPS) is 15.3. The Labute approximate surface area is 115 Å². The van der Waals surface area contributed by atoms with Crippen LogP contribution in [-0.4, -0.2) is 33.6 Å². The number of aliphatic hydroxyl groups is 3. The van der Waals surface area contributed by atoms with Crippen LogP contribution in [0.15, 0.2) is 24.3 Å². The summed E-state index contributed by atoms with van der Waals surface area (Å²) in [6.07, 6.45) is -1.70. The minimum atomic E-state index is -0.947. The summed E-state index contributed by atoms with van der Waals surface area (Å²) >= 11 is 0. The van der Waals surface area contributed by atoms with Gasteiger partial charge in [0.15, 0.2) is 0 Å². The monoisotopic (exact) mass is 267 g/mol. The highest BCUT2D eigenvalue weighted by atomic mass is 16.3. The van der Waals surface area contributed by atoms with Crippen molar-refractivity contribution >= 4 is 0 Å². The molecule has 0 aliphatic carbocycles. The van der Waals surface area contributed by atoms with Crippen LogP contribution in [-0.2, 0) is 6.54 Å². The topological polar surface area (TPSA) is 72.7 Å². The predicted molar refractivity (Wildman–Crippen MR) is 75.7 cm³/mol. The lowest BCUT2D eigenvalue weighted by molar-refractivity contribution is 0.00421. The Bertz CT molecular complexity index is 370. The molecule has 0 fully saturated rings. The Morgan fingerprint density at radius 3 is 2.16 bits per heavy atom. The molecule has 0 radical (unpaired) electrons. The summed E-state index contributed by atoms with van der Waals surface area (Å²) in [5, 5.41) is 31.6. The van der Waals surface area contributed by atoms with Gasteiger partial charge in [0.05, 0.1) is 6.10 Å². The molecule has 2 unspecified atom stereocenters. The summed E-state index contributed by atoms with van der Waals surface area (Å²) in [7, 11) is 0. The van der Waals surface area contributed by atoms with Crippen LogP contribution in [0.25, 0.3) is 0 Å². The van der Waals surface area contributed by atoms with Gasteiger partial charge >= 0.3 is 0 Å². The highest BCUT2D eigenvalue weighted by molar-refractivity contribution is 5.24. The fourth-order valence-corrected chi connectivity index (χ4v) is 1.71. The molecule has 2 atom stereocenters. The van der Waals surface area contributed by atoms with E-state index in [1.54, 1.807) is 0 Å². The summed E-state index contributed by atoms with van der Waals surface area (Å²) < 4.78 is 0. The fourth-order valence-electron chi connectivity index (χ4n) is 1.71. The van der Waals surface area contributed by atoms with E-state index >= 15 is 0 Å². The van der Waals surface area contributed by atoms with Crippen LogP contribution in [0.1, 0.15) is 44.4 Å². The van der Waals surface area contributed by atoms with E-state index in [0.29, 0.717) is 5.56 Å². The molecule has 4 heteroatoms. The van der Waals surface area contributed by atoms with E-state index in [1.807, 2.05) is 24.3 Å². The smallest absolute Gasteiger partial charge is 0.105 e. The number of nitrogens with one attached hydrogen (secondary N) is 1. The Morgan fingerprint density at radius 1 is 1.11 bits per heavy atom. The van der Waals surface area contributed by atoms with Crippen molar-refractivity contribution in [3.05, 3.63) is 35.4 Å². The molecule has 19 heavy (non-hydrogen) atoms. The molecule has 0 spiro atoms. The van der Waals surface area contributed by atoms with Crippen molar-refractivity contribution in [3.63, 3.8) is 0 Å². The average molecular weight is 267 g/mol. The minimum Gasteiger partial charge on any atom is -0.396 e. The van der Waals surface area contributed by atoms with Gasteiger partial charge in [-0.1, -0.05) is 24.3 Å². The van der Waals surface area contributed by atoms with Gasteiger partial charge in [-0.3, -0.25) is 0 Å². The zero-order chi connectivity index (χ0) is 14.5. The zero-order valence-corrected chi connectivity index (χ0v) is 11.9. The van der Waals surface area contributed by atoms with E-state index in [2.05, 4.69) is 26.1 Å². The van der Waals surface area contributed by atoms with Crippen molar-refractivity contribution in [2.24, 2.45) is 0 Å². The molecule has 0 heterocycles. The predicted octanol–water partition coefficient (Wildman–Crippen LogP) is 1.35. The van der Waals surface area contributed by atoms with E-state index in [-0.39, 0.29) is 18.6 Å². The molecule has 4 nitrogen and oxygen atoms in total. The molecule has 0 saturated carbocycles. The Kier molecular flexibility index (Phi) is 5.94. The van der Waals surface area contributed by atoms with Crippen LogP contribution in [0, 0.1) is 0 Å². The molecule has 108 valence electrons. The van der Waals surface area contributed by atoms with Crippen molar-refractivity contribution in [1.82, 2.24) is 5.32 Å². The van der Waals surface area contributed by atoms with Crippen molar-refractivity contribution < 1.29 is 15.3 Å². The maximum atomic E-state index is 9.89. The van der Waals surface area contributed by atoms with Gasteiger partial charge in [-0.05, 0) is 38.3 Å². The highest BCUT2D eigenvalue weighted by Crippen LogP contribution is 2.19. The Hall–Kier alpha value is -0.940. The SMILES string of the molecule is CC(C)(C)NCc1ccc(C(O)C(O)CCO)cc1. The minimum absolute atomic E-state index is 0.0650. The van der Waals surface area contributed by atoms with E-state index in [0.717, 1.165) is 12.1 Å². The van der Waals surface area contributed by atoms with E-state index in [1.165, 1.54) is 0 Å². The lowest BCUT2D eigenvalue weighted by Gasteiger charge is -2.21. The molecule has 4 N–H and O–H groups in total. The van der Waals surface area contributed by atoms with Crippen LogP contribution in [0.3, 0.4) is 0 Å². The summed E-state index contributed by atoms with van der Waals surface area (Å²) in [4.78, 5) is 0. The third kappa shape index (κ3) is 5.70. The molecule has 0 aliphatic rings. The number of benzene rings is 1. The van der Waals surface area contributed by atoms with Gasteiger partial charge in [0, 0.05) is 18.7 Å². The lowest BCUT2D eigenvalue weighted by atomic mass is 10.0. The molecule has 0 saturated heterocycles. The van der Waals surface area contributed by atoms with Gasteiger partial charge in [0.1, 0.15) is 6.10 Å². The molecule has 1 aromatic carbocycles. The first-order chi connectivity index (χ1) is 8.83. The van der Waals surface area contributed by atoms with Gasteiger partial charge in [-0.15, -0.1) is 0 Å². The molecule has 0 bridgehead atoms. The molecule has 1 aromatic rings. The Morgan fingerprint density at radius 2 is 1.68 bits per heavy atom. The third-order valence-corrected chi connectivity index (χ3v) is 2.93. The lowest BCUT2D eigenvalue weighted by Crippen LogP contribution is -2.35. The third-order valence-electron chi connectivity index (χ3n) is 2.93. The number of rotatable bonds is 6. The van der Waals surface area contributed by atoms with Gasteiger partial charge in [0.2, 0.25) is 0 Å². The maximum Gasteiger partial charge on any atom is 0.105 e. The van der Waals surface area contributed by atoms with Gasteiger partial charge in [-0.2, -0.15) is 0 Å². The van der Waals surface area contributed by atoms with E-state index < -0.39 is 12.2 Å². The number of aliphatic hydroxyl groups excluding tert-OH is 3. The number of hydrogen-bond donors (Lipinski definition) is 4. The standard InChI is InChI=1S/C15H25NO3/c1-15(2,3)16-10-11-4-6-12(7-5-11)14(19)13(18)8-9-17/h4-7,13-14,16-19H,8-10H2,1-3H3. The van der Waals surface area contributed by atoms with Crippen LogP contribution in [0.5, 0.6) is 0 Å². The van der Waals surface area contributed by atoms with Crippen LogP contribution in [0.4, 0.5) is 0 Å². The molecule has 1 rings (SSSR count). The molecular formula is C15H25NO3. The van der Waals surface area contributed by atoms with Crippen LogP contribution >= 0.6 is 0 Å². The second-order valence-corrected chi connectivity index (χ2v) is 5.87. The zero-order valence-electron chi connectivity index (χ0n) is 11.9. The summed E-state index contributed by atoms with van der Waals surface area (Å²) in [5.74, 6) is 0. The van der Waals surface area contributed by atoms with Crippen molar-refractivity contribution in [2.45, 2.75) is 51.5 Å². The van der Waals surface area contributed by atoms with Crippen LogP contribution in [0.2, 0.25) is 0 Å². The Balaban J connectivity index is 2.60. The largest absolute Gasteiger partial charge is 0.396 e. The van der Waals surface area contributed by atoms with Gasteiger partial charge < -0.3 is 20.6 Å². The van der Waals surface area contributed by atoms with E-state index in [9.17, 15) is 10.2 Å². The molecular weight excluding hydrogens is 242 g/mol. The molecule has 0 amide bonds. The molecule has 0 aliphatic heterocycles. The first-order valence-electron chi connectivity index (χ1n) is 6.64. The first-order valence-corrected chi connectivity index (χ1v) is 6.64. The van der Waals surface area contributed by atoms with Gasteiger partial charge in [-0.25, -0.2) is 0 Å². The first kappa shape index (κ1) is 16.1. The second kappa shape index (κ2) is 7.01. The highest BCUT2D eigenvalue weighted by Gasteiger charge is 2.17. The summed E-state index contributed by atoms with van der Waals surface area (Å²) in [5.41, 5.74) is 1.86. The molecule has 0 aromatic heterocycles. The van der Waals surface area contributed by atoms with Crippen LogP contribution < -0.4 is 5.32 Å². The fraction of sp³-hybridized carbons (Fsp3) is 0.600. The van der Waals surface area contributed by atoms with Crippen molar-refractivity contribution in [3.8, 4) is 0 Å². The van der Waals surface area contributed by atoms with Crippen molar-refractivity contribution in [1.29, 1.82) is 0 Å². The second-order valence-electron chi connectivity index (χ2n) is 5.87. The maximum absolute atomic E-state index is 9.89. The van der Waals surface area contributed by atoms with E-state index in [4.69, 9.17) is 5.11 Å². The van der Waals surface area contributed by atoms with Crippen molar-refractivity contribution in [2.75, 3.05) is 6.61 Å².